The lowest BCUT2D eigenvalue weighted by atomic mass is 9.71. The molecule has 0 aliphatic carbocycles. The zero-order chi connectivity index (χ0) is 40.3. The molecule has 3 heterocycles. The van der Waals surface area contributed by atoms with Gasteiger partial charge in [0.05, 0.1) is 24.7 Å². The summed E-state index contributed by atoms with van der Waals surface area (Å²) in [7, 11) is 0. The predicted molar refractivity (Wildman–Crippen MR) is 208 cm³/mol. The summed E-state index contributed by atoms with van der Waals surface area (Å²) in [6, 6.07) is 0. The fraction of sp³-hybridized carbons (Fsp3) is 0.791. The third-order valence-corrected chi connectivity index (χ3v) is 12.1. The zero-order valence-corrected chi connectivity index (χ0v) is 34.4. The molecular formula is C43H71NO10. The topological polar surface area (TPSA) is 175 Å². The molecule has 4 unspecified atom stereocenters. The van der Waals surface area contributed by atoms with Gasteiger partial charge in [-0.2, -0.15) is 0 Å². The van der Waals surface area contributed by atoms with Crippen molar-refractivity contribution in [2.45, 2.75) is 182 Å². The van der Waals surface area contributed by atoms with Crippen LogP contribution in [-0.4, -0.2) is 81.7 Å². The van der Waals surface area contributed by atoms with E-state index in [0.29, 0.717) is 25.7 Å². The van der Waals surface area contributed by atoms with E-state index in [0.717, 1.165) is 30.4 Å². The number of hydrogen-bond acceptors (Lipinski definition) is 10. The molecule has 0 radical (unpaired) electrons. The molecule has 3 aliphatic rings. The Morgan fingerprint density at radius 2 is 1.76 bits per heavy atom. The van der Waals surface area contributed by atoms with Crippen LogP contribution >= 0.6 is 0 Å². The van der Waals surface area contributed by atoms with Crippen LogP contribution in [0.3, 0.4) is 0 Å². The highest BCUT2D eigenvalue weighted by Crippen LogP contribution is 2.38. The average molecular weight is 762 g/mol. The number of hydrogen-bond donors (Lipinski definition) is 4. The van der Waals surface area contributed by atoms with Crippen molar-refractivity contribution in [1.29, 1.82) is 0 Å². The molecule has 1 amide bonds. The highest BCUT2D eigenvalue weighted by Gasteiger charge is 2.41. The van der Waals surface area contributed by atoms with Crippen LogP contribution in [0.2, 0.25) is 0 Å². The van der Waals surface area contributed by atoms with Crippen LogP contribution in [0.4, 0.5) is 4.79 Å². The number of carbonyl (C=O) groups excluding carboxylic acids is 3. The molecular weight excluding hydrogens is 690 g/mol. The lowest BCUT2D eigenvalue weighted by molar-refractivity contribution is -0.254. The normalized spacial score (nSPS) is 37.3. The van der Waals surface area contributed by atoms with Crippen molar-refractivity contribution < 1.29 is 48.7 Å². The standard InChI is InChI=1S/C43H71NO10/c1-10-34(36(46)11-2)39(47)30(8)21-29(7)35-22-32(45)24-43(50)19-18-27(5)41(54-43)26(4)14-12-13-15-33(17-16-25(3)20-28(35)6)52-38-23-37(53-42(44)49)40(48)31(9)51-38/h14,16-18,25,28-31,33-35,37-41,47-48,50H,10-13,15,19-24H2,1-9H3,(H2,44,49)/b17-16+,26-14-/t25-,28-,29-,30-,31?,33-,34-,35+,37?,38?,39+,40?,41-,43+/m1/s1. The van der Waals surface area contributed by atoms with Gasteiger partial charge in [0.25, 0.3) is 0 Å². The molecule has 54 heavy (non-hydrogen) atoms. The number of fused-ring (bicyclic) bond motifs is 2. The number of allylic oxidation sites excluding steroid dienone is 2. The number of Topliss-reactive ketones (excluding diaryl/α,β-unsaturated/α-hetero) is 2. The van der Waals surface area contributed by atoms with E-state index in [9.17, 15) is 29.7 Å². The van der Waals surface area contributed by atoms with Crippen molar-refractivity contribution in [2.75, 3.05) is 0 Å². The third kappa shape index (κ3) is 13.4. The Morgan fingerprint density at radius 1 is 1.07 bits per heavy atom. The Bertz CT molecular complexity index is 1330. The third-order valence-electron chi connectivity index (χ3n) is 12.1. The second-order valence-electron chi connectivity index (χ2n) is 16.8. The molecule has 11 heteroatoms. The van der Waals surface area contributed by atoms with Gasteiger partial charge in [-0.3, -0.25) is 9.59 Å². The van der Waals surface area contributed by atoms with Gasteiger partial charge in [-0.05, 0) is 100 Å². The van der Waals surface area contributed by atoms with Gasteiger partial charge >= 0.3 is 6.09 Å². The van der Waals surface area contributed by atoms with Crippen LogP contribution in [0.15, 0.2) is 35.5 Å². The Hall–Kier alpha value is -2.41. The molecule has 2 bridgehead atoms. The lowest BCUT2D eigenvalue weighted by Crippen LogP contribution is -2.50. The molecule has 3 aliphatic heterocycles. The van der Waals surface area contributed by atoms with Crippen molar-refractivity contribution in [2.24, 2.45) is 41.2 Å². The highest BCUT2D eigenvalue weighted by atomic mass is 16.7. The van der Waals surface area contributed by atoms with Crippen LogP contribution in [-0.2, 0) is 28.5 Å². The van der Waals surface area contributed by atoms with E-state index in [2.05, 4.69) is 39.0 Å². The predicted octanol–water partition coefficient (Wildman–Crippen LogP) is 7.10. The van der Waals surface area contributed by atoms with E-state index >= 15 is 0 Å². The van der Waals surface area contributed by atoms with Gasteiger partial charge in [0.1, 0.15) is 29.9 Å². The van der Waals surface area contributed by atoms with Gasteiger partial charge in [0, 0.05) is 31.6 Å². The van der Waals surface area contributed by atoms with Gasteiger partial charge < -0.3 is 40.0 Å². The van der Waals surface area contributed by atoms with E-state index < -0.39 is 54.6 Å². The summed E-state index contributed by atoms with van der Waals surface area (Å²) in [6.07, 6.45) is 7.75. The molecule has 0 aromatic heterocycles. The smallest absolute Gasteiger partial charge is 0.404 e. The van der Waals surface area contributed by atoms with E-state index in [1.54, 1.807) is 6.92 Å². The van der Waals surface area contributed by atoms with Crippen LogP contribution < -0.4 is 5.73 Å². The Labute approximate surface area is 324 Å². The molecule has 14 atom stereocenters. The summed E-state index contributed by atoms with van der Waals surface area (Å²) < 4.78 is 23.9. The molecule has 0 aromatic rings. The fourth-order valence-electron chi connectivity index (χ4n) is 8.85. The number of aliphatic hydroxyl groups is 3. The van der Waals surface area contributed by atoms with Crippen LogP contribution in [0.25, 0.3) is 0 Å². The first-order chi connectivity index (χ1) is 25.4. The summed E-state index contributed by atoms with van der Waals surface area (Å²) in [5.41, 5.74) is 7.23. The minimum Gasteiger partial charge on any atom is -0.443 e. The number of ether oxygens (including phenoxy) is 4. The minimum atomic E-state index is -1.60. The number of ketones is 2. The first-order valence-electron chi connectivity index (χ1n) is 20.5. The van der Waals surface area contributed by atoms with E-state index in [4.69, 9.17) is 24.7 Å². The molecule has 11 nitrogen and oxygen atoms in total. The lowest BCUT2D eigenvalue weighted by Gasteiger charge is -2.38. The van der Waals surface area contributed by atoms with Gasteiger partial charge in [-0.1, -0.05) is 65.8 Å². The van der Waals surface area contributed by atoms with Gasteiger partial charge in [0.15, 0.2) is 12.1 Å². The number of amides is 1. The van der Waals surface area contributed by atoms with E-state index in [1.807, 2.05) is 40.7 Å². The summed E-state index contributed by atoms with van der Waals surface area (Å²) in [5.74, 6) is -1.88. The maximum Gasteiger partial charge on any atom is 0.404 e. The van der Waals surface area contributed by atoms with Crippen LogP contribution in [0.5, 0.6) is 0 Å². The summed E-state index contributed by atoms with van der Waals surface area (Å²) in [5, 5.41) is 33.4. The molecule has 5 N–H and O–H groups in total. The van der Waals surface area contributed by atoms with Crippen molar-refractivity contribution in [3.63, 3.8) is 0 Å². The average Bonchev–Trinajstić information content (AvgIpc) is 3.10. The molecule has 1 saturated heterocycles. The van der Waals surface area contributed by atoms with Gasteiger partial charge in [-0.15, -0.1) is 0 Å². The first-order valence-corrected chi connectivity index (χ1v) is 20.5. The quantitative estimate of drug-likeness (QED) is 0.159. The monoisotopic (exact) mass is 762 g/mol. The molecule has 0 aromatic carbocycles. The zero-order valence-electron chi connectivity index (χ0n) is 34.4. The number of primary amides is 1. The largest absolute Gasteiger partial charge is 0.443 e. The van der Waals surface area contributed by atoms with Gasteiger partial charge in [0.2, 0.25) is 0 Å². The van der Waals surface area contributed by atoms with Gasteiger partial charge in [-0.25, -0.2) is 4.79 Å². The van der Waals surface area contributed by atoms with Crippen molar-refractivity contribution in [1.82, 2.24) is 0 Å². The second kappa shape index (κ2) is 21.2. The van der Waals surface area contributed by atoms with Crippen molar-refractivity contribution >= 4 is 17.7 Å². The fourth-order valence-corrected chi connectivity index (χ4v) is 8.85. The summed E-state index contributed by atoms with van der Waals surface area (Å²) >= 11 is 0. The summed E-state index contributed by atoms with van der Waals surface area (Å²) in [6.45, 7) is 17.9. The number of rotatable bonds is 11. The second-order valence-corrected chi connectivity index (χ2v) is 16.8. The number of carbonyl (C=O) groups is 3. The maximum absolute atomic E-state index is 13.9. The Kier molecular flexibility index (Phi) is 18.1. The minimum absolute atomic E-state index is 0.0384. The first kappa shape index (κ1) is 46.0. The van der Waals surface area contributed by atoms with Crippen LogP contribution in [0, 0.1) is 35.5 Å². The molecule has 3 rings (SSSR count). The summed E-state index contributed by atoms with van der Waals surface area (Å²) in [4.78, 5) is 38.0. The van der Waals surface area contributed by atoms with E-state index in [1.165, 1.54) is 0 Å². The molecule has 0 saturated carbocycles. The highest BCUT2D eigenvalue weighted by molar-refractivity contribution is 5.81. The van der Waals surface area contributed by atoms with Crippen LogP contribution in [0.1, 0.15) is 133 Å². The number of nitrogens with two attached hydrogens (primary N) is 1. The molecule has 308 valence electrons. The molecule has 1 fully saturated rings. The van der Waals surface area contributed by atoms with E-state index in [-0.39, 0.29) is 72.9 Å². The van der Waals surface area contributed by atoms with Crippen molar-refractivity contribution in [3.05, 3.63) is 35.5 Å². The maximum atomic E-state index is 13.9. The SMILES string of the molecule is CCC(=O)[C@@H](CC)[C@@H](O)[C@H](C)C[C@@H](C)[C@H]1CC(=O)C[C@]2(O)CC=C(C)[C@H](O2)/C(C)=C\CCC[C@@H](OC2CC(OC(N)=O)C(O)C(C)O2)/C=C/[C@@H](C)C[C@H]1C. The Balaban J connectivity index is 1.90. The van der Waals surface area contributed by atoms with Crippen molar-refractivity contribution in [3.8, 4) is 0 Å². The Morgan fingerprint density at radius 3 is 2.41 bits per heavy atom. The molecule has 0 spiro atoms. The number of aliphatic hydroxyl groups excluding tert-OH is 2.